The molecule has 28 heavy (non-hydrogen) atoms. The van der Waals surface area contributed by atoms with Gasteiger partial charge in [-0.15, -0.1) is 0 Å². The lowest BCUT2D eigenvalue weighted by molar-refractivity contribution is 0.102. The molecule has 1 amide bonds. The summed E-state index contributed by atoms with van der Waals surface area (Å²) < 4.78 is 5.14. The Kier molecular flexibility index (Phi) is 6.29. The van der Waals surface area contributed by atoms with Gasteiger partial charge in [0.15, 0.2) is 0 Å². The molecule has 144 valence electrons. The number of nitrogens with one attached hydrogen (secondary N) is 2. The number of anilines is 2. The number of hydrogen-bond donors (Lipinski definition) is 3. The lowest BCUT2D eigenvalue weighted by Gasteiger charge is -2.12. The molecule has 3 aromatic rings. The standard InChI is InChI=1S/C21H18Cl2N2O3/c1-28-16-6-2-13(3-7-16)12-24-15-5-8-19(18(23)11-15)25-21(27)17-10-14(22)4-9-20(17)26/h2-11,24,26H,12H2,1H3,(H,25,27). The van der Waals surface area contributed by atoms with Crippen LogP contribution in [0.5, 0.6) is 11.5 Å². The summed E-state index contributed by atoms with van der Waals surface area (Å²) in [6.45, 7) is 0.614. The van der Waals surface area contributed by atoms with Crippen molar-refractivity contribution in [3.8, 4) is 11.5 Å². The number of carbonyl (C=O) groups excluding carboxylic acids is 1. The summed E-state index contributed by atoms with van der Waals surface area (Å²) in [4.78, 5) is 12.4. The first kappa shape index (κ1) is 19.9. The molecule has 0 aliphatic heterocycles. The average Bonchev–Trinajstić information content (AvgIpc) is 2.70. The Hall–Kier alpha value is -2.89. The number of phenols is 1. The Morgan fingerprint density at radius 3 is 2.46 bits per heavy atom. The van der Waals surface area contributed by atoms with E-state index in [0.29, 0.717) is 22.3 Å². The summed E-state index contributed by atoms with van der Waals surface area (Å²) in [5.41, 5.74) is 2.40. The second-order valence-corrected chi connectivity index (χ2v) is 6.86. The number of ether oxygens (including phenoxy) is 1. The van der Waals surface area contributed by atoms with Gasteiger partial charge in [0.1, 0.15) is 11.5 Å². The highest BCUT2D eigenvalue weighted by Crippen LogP contribution is 2.28. The molecule has 0 saturated carbocycles. The molecule has 0 bridgehead atoms. The van der Waals surface area contributed by atoms with Crippen molar-refractivity contribution in [2.24, 2.45) is 0 Å². The van der Waals surface area contributed by atoms with Crippen molar-refractivity contribution in [2.45, 2.75) is 6.54 Å². The molecular weight excluding hydrogens is 399 g/mol. The lowest BCUT2D eigenvalue weighted by Crippen LogP contribution is -2.12. The molecule has 7 heteroatoms. The van der Waals surface area contributed by atoms with E-state index < -0.39 is 5.91 Å². The minimum atomic E-state index is -0.499. The van der Waals surface area contributed by atoms with Crippen LogP contribution in [0.4, 0.5) is 11.4 Å². The van der Waals surface area contributed by atoms with E-state index in [1.54, 1.807) is 19.2 Å². The SMILES string of the molecule is COc1ccc(CNc2ccc(NC(=O)c3cc(Cl)ccc3O)c(Cl)c2)cc1. The van der Waals surface area contributed by atoms with Crippen LogP contribution in [0.1, 0.15) is 15.9 Å². The number of amides is 1. The van der Waals surface area contributed by atoms with Crippen LogP contribution >= 0.6 is 23.2 Å². The quantitative estimate of drug-likeness (QED) is 0.490. The van der Waals surface area contributed by atoms with Gasteiger partial charge in [0.25, 0.3) is 5.91 Å². The van der Waals surface area contributed by atoms with E-state index in [0.717, 1.165) is 17.0 Å². The lowest BCUT2D eigenvalue weighted by atomic mass is 10.1. The number of methoxy groups -OCH3 is 1. The number of benzene rings is 3. The van der Waals surface area contributed by atoms with Gasteiger partial charge < -0.3 is 20.5 Å². The zero-order chi connectivity index (χ0) is 20.1. The number of aromatic hydroxyl groups is 1. The molecule has 0 heterocycles. The van der Waals surface area contributed by atoms with Gasteiger partial charge in [0.2, 0.25) is 0 Å². The first-order valence-corrected chi connectivity index (χ1v) is 9.18. The van der Waals surface area contributed by atoms with E-state index >= 15 is 0 Å². The summed E-state index contributed by atoms with van der Waals surface area (Å²) in [7, 11) is 1.63. The summed E-state index contributed by atoms with van der Waals surface area (Å²) in [5.74, 6) is 0.147. The predicted octanol–water partition coefficient (Wildman–Crippen LogP) is 5.57. The molecule has 0 aromatic heterocycles. The van der Waals surface area contributed by atoms with Gasteiger partial charge in [-0.1, -0.05) is 35.3 Å². The molecule has 0 radical (unpaired) electrons. The van der Waals surface area contributed by atoms with Gasteiger partial charge in [-0.2, -0.15) is 0 Å². The monoisotopic (exact) mass is 416 g/mol. The van der Waals surface area contributed by atoms with Crippen LogP contribution in [0.25, 0.3) is 0 Å². The molecule has 3 N–H and O–H groups in total. The summed E-state index contributed by atoms with van der Waals surface area (Å²) in [6.07, 6.45) is 0. The minimum Gasteiger partial charge on any atom is -0.507 e. The van der Waals surface area contributed by atoms with Gasteiger partial charge in [-0.3, -0.25) is 4.79 Å². The van der Waals surface area contributed by atoms with Crippen molar-refractivity contribution in [1.29, 1.82) is 0 Å². The van der Waals surface area contributed by atoms with E-state index in [2.05, 4.69) is 10.6 Å². The zero-order valence-corrected chi connectivity index (χ0v) is 16.5. The molecule has 3 aromatic carbocycles. The molecule has 0 saturated heterocycles. The van der Waals surface area contributed by atoms with Crippen molar-refractivity contribution < 1.29 is 14.6 Å². The smallest absolute Gasteiger partial charge is 0.259 e. The average molecular weight is 417 g/mol. The van der Waals surface area contributed by atoms with Crippen molar-refractivity contribution in [3.05, 3.63) is 81.8 Å². The fourth-order valence-electron chi connectivity index (χ4n) is 2.55. The fraction of sp³-hybridized carbons (Fsp3) is 0.0952. The molecule has 0 aliphatic rings. The number of phenolic OH excluding ortho intramolecular Hbond substituents is 1. The van der Waals surface area contributed by atoms with Crippen LogP contribution in [-0.2, 0) is 6.54 Å². The van der Waals surface area contributed by atoms with Crippen molar-refractivity contribution in [3.63, 3.8) is 0 Å². The third kappa shape index (κ3) is 4.88. The molecule has 0 aliphatic carbocycles. The summed E-state index contributed by atoms with van der Waals surface area (Å²) >= 11 is 12.2. The van der Waals surface area contributed by atoms with Crippen molar-refractivity contribution >= 4 is 40.5 Å². The highest BCUT2D eigenvalue weighted by atomic mass is 35.5. The maximum absolute atomic E-state index is 12.4. The van der Waals surface area contributed by atoms with Crippen LogP contribution in [-0.4, -0.2) is 18.1 Å². The molecule has 5 nitrogen and oxygen atoms in total. The second kappa shape index (κ2) is 8.87. The van der Waals surface area contributed by atoms with Crippen molar-refractivity contribution in [2.75, 3.05) is 17.7 Å². The Morgan fingerprint density at radius 2 is 1.79 bits per heavy atom. The molecular formula is C21H18Cl2N2O3. The van der Waals surface area contributed by atoms with Gasteiger partial charge in [-0.25, -0.2) is 0 Å². The highest BCUT2D eigenvalue weighted by Gasteiger charge is 2.13. The first-order valence-electron chi connectivity index (χ1n) is 8.42. The Balaban J connectivity index is 1.66. The van der Waals surface area contributed by atoms with E-state index in [1.165, 1.54) is 18.2 Å². The highest BCUT2D eigenvalue weighted by molar-refractivity contribution is 6.34. The van der Waals surface area contributed by atoms with Crippen LogP contribution in [0, 0.1) is 0 Å². The number of carbonyl (C=O) groups is 1. The first-order chi connectivity index (χ1) is 13.5. The third-order valence-corrected chi connectivity index (χ3v) is 4.62. The fourth-order valence-corrected chi connectivity index (χ4v) is 2.95. The Morgan fingerprint density at radius 1 is 1.04 bits per heavy atom. The second-order valence-electron chi connectivity index (χ2n) is 6.01. The number of hydrogen-bond acceptors (Lipinski definition) is 4. The van der Waals surface area contributed by atoms with E-state index in [9.17, 15) is 9.90 Å². The maximum atomic E-state index is 12.4. The van der Waals surface area contributed by atoms with Crippen LogP contribution in [0.3, 0.4) is 0 Å². The van der Waals surface area contributed by atoms with Crippen LogP contribution < -0.4 is 15.4 Å². The van der Waals surface area contributed by atoms with Gasteiger partial charge in [0.05, 0.1) is 23.4 Å². The van der Waals surface area contributed by atoms with Crippen LogP contribution in [0.2, 0.25) is 10.0 Å². The topological polar surface area (TPSA) is 70.6 Å². The Bertz CT molecular complexity index is 991. The molecule has 0 fully saturated rings. The normalized spacial score (nSPS) is 10.4. The van der Waals surface area contributed by atoms with Gasteiger partial charge >= 0.3 is 0 Å². The van der Waals surface area contributed by atoms with Gasteiger partial charge in [0, 0.05) is 17.3 Å². The Labute approximate surface area is 172 Å². The van der Waals surface area contributed by atoms with Gasteiger partial charge in [-0.05, 0) is 54.1 Å². The minimum absolute atomic E-state index is 0.0743. The maximum Gasteiger partial charge on any atom is 0.259 e. The van der Waals surface area contributed by atoms with Crippen LogP contribution in [0.15, 0.2) is 60.7 Å². The predicted molar refractivity (Wildman–Crippen MR) is 113 cm³/mol. The zero-order valence-electron chi connectivity index (χ0n) is 15.0. The third-order valence-electron chi connectivity index (χ3n) is 4.08. The summed E-state index contributed by atoms with van der Waals surface area (Å²) in [6, 6.07) is 17.2. The molecule has 0 spiro atoms. The largest absolute Gasteiger partial charge is 0.507 e. The molecule has 0 unspecified atom stereocenters. The van der Waals surface area contributed by atoms with E-state index in [4.69, 9.17) is 27.9 Å². The molecule has 3 rings (SSSR count). The van der Waals surface area contributed by atoms with Crippen molar-refractivity contribution in [1.82, 2.24) is 0 Å². The summed E-state index contributed by atoms with van der Waals surface area (Å²) in [5, 5.41) is 16.5. The number of halogens is 2. The molecule has 0 atom stereocenters. The van der Waals surface area contributed by atoms with E-state index in [1.807, 2.05) is 30.3 Å². The number of rotatable bonds is 6. The van der Waals surface area contributed by atoms with E-state index in [-0.39, 0.29) is 11.3 Å².